The van der Waals surface area contributed by atoms with Crippen molar-refractivity contribution in [2.45, 2.75) is 13.8 Å². The largest absolute Gasteiger partial charge is 0.460 e. The number of esters is 2. The van der Waals surface area contributed by atoms with Crippen molar-refractivity contribution in [2.75, 3.05) is 20.3 Å². The minimum Gasteiger partial charge on any atom is -0.460 e. The van der Waals surface area contributed by atoms with E-state index in [0.29, 0.717) is 40.2 Å². The first kappa shape index (κ1) is 18.7. The van der Waals surface area contributed by atoms with Crippen LogP contribution in [0.15, 0.2) is 46.9 Å². The molecule has 6 nitrogen and oxygen atoms in total. The van der Waals surface area contributed by atoms with Gasteiger partial charge in [0.2, 0.25) is 0 Å². The Morgan fingerprint density at radius 1 is 0.963 bits per heavy atom. The van der Waals surface area contributed by atoms with Gasteiger partial charge in [-0.25, -0.2) is 9.59 Å². The SMILES string of the molecule is COCCOC(=O)c1c(C)oc2ccc(OC(=O)c3ccc(C)cc3)cc12. The van der Waals surface area contributed by atoms with Gasteiger partial charge in [-0.1, -0.05) is 17.7 Å². The Balaban J connectivity index is 1.85. The molecule has 0 fully saturated rings. The highest BCUT2D eigenvalue weighted by molar-refractivity contribution is 6.05. The molecule has 0 amide bonds. The molecule has 3 rings (SSSR count). The zero-order valence-electron chi connectivity index (χ0n) is 15.4. The van der Waals surface area contributed by atoms with Crippen LogP contribution in [0.4, 0.5) is 0 Å². The molecule has 27 heavy (non-hydrogen) atoms. The summed E-state index contributed by atoms with van der Waals surface area (Å²) in [5.41, 5.74) is 2.33. The first-order valence-electron chi connectivity index (χ1n) is 8.47. The highest BCUT2D eigenvalue weighted by Gasteiger charge is 2.20. The van der Waals surface area contributed by atoms with Crippen LogP contribution in [0.3, 0.4) is 0 Å². The Morgan fingerprint density at radius 3 is 2.41 bits per heavy atom. The van der Waals surface area contributed by atoms with Crippen molar-refractivity contribution in [3.05, 3.63) is 64.9 Å². The van der Waals surface area contributed by atoms with Crippen LogP contribution in [0.2, 0.25) is 0 Å². The molecule has 0 radical (unpaired) electrons. The summed E-state index contributed by atoms with van der Waals surface area (Å²) in [6.45, 7) is 4.08. The lowest BCUT2D eigenvalue weighted by molar-refractivity contribution is 0.0388. The van der Waals surface area contributed by atoms with Crippen LogP contribution in [0.1, 0.15) is 32.0 Å². The number of ether oxygens (including phenoxy) is 3. The number of carbonyl (C=O) groups is 2. The molecule has 0 bridgehead atoms. The van der Waals surface area contributed by atoms with Crippen LogP contribution in [-0.2, 0) is 9.47 Å². The summed E-state index contributed by atoms with van der Waals surface area (Å²) in [6, 6.07) is 12.0. The second kappa shape index (κ2) is 8.05. The summed E-state index contributed by atoms with van der Waals surface area (Å²) in [7, 11) is 1.53. The van der Waals surface area contributed by atoms with Gasteiger partial charge in [0, 0.05) is 12.5 Å². The fourth-order valence-electron chi connectivity index (χ4n) is 2.66. The maximum atomic E-state index is 12.4. The molecule has 1 aromatic heterocycles. The fraction of sp³-hybridized carbons (Fsp3) is 0.238. The zero-order chi connectivity index (χ0) is 19.4. The highest BCUT2D eigenvalue weighted by Crippen LogP contribution is 2.30. The lowest BCUT2D eigenvalue weighted by Crippen LogP contribution is -2.10. The molecule has 2 aromatic carbocycles. The van der Waals surface area contributed by atoms with Gasteiger partial charge in [0.05, 0.1) is 12.2 Å². The van der Waals surface area contributed by atoms with Crippen molar-refractivity contribution in [3.8, 4) is 5.75 Å². The lowest BCUT2D eigenvalue weighted by atomic mass is 10.1. The molecule has 1 heterocycles. The van der Waals surface area contributed by atoms with Crippen molar-refractivity contribution in [1.82, 2.24) is 0 Å². The second-order valence-corrected chi connectivity index (χ2v) is 6.08. The summed E-state index contributed by atoms with van der Waals surface area (Å²) in [5.74, 6) is -0.224. The summed E-state index contributed by atoms with van der Waals surface area (Å²) in [6.07, 6.45) is 0. The molecule has 0 unspecified atom stereocenters. The van der Waals surface area contributed by atoms with Gasteiger partial charge in [0.1, 0.15) is 29.3 Å². The van der Waals surface area contributed by atoms with Crippen LogP contribution in [0.5, 0.6) is 5.75 Å². The Hall–Kier alpha value is -3.12. The van der Waals surface area contributed by atoms with Crippen molar-refractivity contribution in [2.24, 2.45) is 0 Å². The van der Waals surface area contributed by atoms with Crippen LogP contribution in [-0.4, -0.2) is 32.3 Å². The van der Waals surface area contributed by atoms with E-state index in [0.717, 1.165) is 5.56 Å². The standard InChI is InChI=1S/C21H20O6/c1-13-4-6-15(7-5-13)20(22)27-16-8-9-18-17(12-16)19(14(2)26-18)21(23)25-11-10-24-3/h4-9,12H,10-11H2,1-3H3. The van der Waals surface area contributed by atoms with Gasteiger partial charge in [0.15, 0.2) is 0 Å². The van der Waals surface area contributed by atoms with E-state index < -0.39 is 11.9 Å². The Bertz CT molecular complexity index is 968. The first-order valence-corrected chi connectivity index (χ1v) is 8.47. The smallest absolute Gasteiger partial charge is 0.343 e. The lowest BCUT2D eigenvalue weighted by Gasteiger charge is -2.06. The third-order valence-electron chi connectivity index (χ3n) is 4.06. The average molecular weight is 368 g/mol. The van der Waals surface area contributed by atoms with E-state index in [-0.39, 0.29) is 6.61 Å². The van der Waals surface area contributed by atoms with E-state index in [1.807, 2.05) is 19.1 Å². The van der Waals surface area contributed by atoms with Crippen LogP contribution in [0, 0.1) is 13.8 Å². The van der Waals surface area contributed by atoms with Gasteiger partial charge in [0.25, 0.3) is 0 Å². The minimum absolute atomic E-state index is 0.142. The fourth-order valence-corrected chi connectivity index (χ4v) is 2.66. The number of benzene rings is 2. The number of carbonyl (C=O) groups excluding carboxylic acids is 2. The first-order chi connectivity index (χ1) is 13.0. The maximum Gasteiger partial charge on any atom is 0.343 e. The summed E-state index contributed by atoms with van der Waals surface area (Å²) >= 11 is 0. The molecular weight excluding hydrogens is 348 g/mol. The molecule has 0 atom stereocenters. The summed E-state index contributed by atoms with van der Waals surface area (Å²) in [5, 5.41) is 0.532. The van der Waals surface area contributed by atoms with E-state index in [1.54, 1.807) is 37.3 Å². The molecule has 0 saturated heterocycles. The highest BCUT2D eigenvalue weighted by atomic mass is 16.6. The number of fused-ring (bicyclic) bond motifs is 1. The molecular formula is C21H20O6. The Labute approximate surface area is 156 Å². The molecule has 140 valence electrons. The van der Waals surface area contributed by atoms with E-state index in [2.05, 4.69) is 0 Å². The van der Waals surface area contributed by atoms with Crippen molar-refractivity contribution >= 4 is 22.9 Å². The minimum atomic E-state index is -0.509. The second-order valence-electron chi connectivity index (χ2n) is 6.08. The van der Waals surface area contributed by atoms with E-state index in [1.165, 1.54) is 7.11 Å². The number of rotatable bonds is 6. The van der Waals surface area contributed by atoms with Gasteiger partial charge >= 0.3 is 11.9 Å². The summed E-state index contributed by atoms with van der Waals surface area (Å²) < 4.78 is 21.1. The number of furan rings is 1. The molecule has 0 spiro atoms. The molecule has 0 aliphatic carbocycles. The molecule has 3 aromatic rings. The van der Waals surface area contributed by atoms with Gasteiger partial charge < -0.3 is 18.6 Å². The predicted molar refractivity (Wildman–Crippen MR) is 99.2 cm³/mol. The van der Waals surface area contributed by atoms with Gasteiger partial charge in [-0.05, 0) is 44.2 Å². The monoisotopic (exact) mass is 368 g/mol. The Kier molecular flexibility index (Phi) is 5.57. The van der Waals surface area contributed by atoms with Crippen molar-refractivity contribution in [1.29, 1.82) is 0 Å². The number of hydrogen-bond donors (Lipinski definition) is 0. The van der Waals surface area contributed by atoms with Gasteiger partial charge in [-0.15, -0.1) is 0 Å². The van der Waals surface area contributed by atoms with E-state index >= 15 is 0 Å². The van der Waals surface area contributed by atoms with Crippen molar-refractivity contribution in [3.63, 3.8) is 0 Å². The van der Waals surface area contributed by atoms with E-state index in [9.17, 15) is 9.59 Å². The van der Waals surface area contributed by atoms with Crippen LogP contribution >= 0.6 is 0 Å². The topological polar surface area (TPSA) is 75.0 Å². The zero-order valence-corrected chi connectivity index (χ0v) is 15.4. The third kappa shape index (κ3) is 4.17. The van der Waals surface area contributed by atoms with Crippen LogP contribution < -0.4 is 4.74 Å². The average Bonchev–Trinajstić information content (AvgIpc) is 2.97. The van der Waals surface area contributed by atoms with Gasteiger partial charge in [-0.3, -0.25) is 0 Å². The molecule has 6 heteroatoms. The van der Waals surface area contributed by atoms with Crippen molar-refractivity contribution < 1.29 is 28.2 Å². The molecule has 0 aliphatic heterocycles. The number of methoxy groups -OCH3 is 1. The molecule has 0 saturated carbocycles. The molecule has 0 N–H and O–H groups in total. The van der Waals surface area contributed by atoms with E-state index in [4.69, 9.17) is 18.6 Å². The maximum absolute atomic E-state index is 12.4. The number of hydrogen-bond acceptors (Lipinski definition) is 6. The van der Waals surface area contributed by atoms with Gasteiger partial charge in [-0.2, -0.15) is 0 Å². The summed E-state index contributed by atoms with van der Waals surface area (Å²) in [4.78, 5) is 24.7. The van der Waals surface area contributed by atoms with Crippen LogP contribution in [0.25, 0.3) is 11.0 Å². The molecule has 0 aliphatic rings. The quantitative estimate of drug-likeness (QED) is 0.371. The normalized spacial score (nSPS) is 10.8. The third-order valence-corrected chi connectivity index (χ3v) is 4.06. The Morgan fingerprint density at radius 2 is 1.70 bits per heavy atom. The number of aryl methyl sites for hydroxylation is 2. The predicted octanol–water partition coefficient (Wildman–Crippen LogP) is 4.07.